The number of carbonyl (C=O) groups is 2. The molecule has 124 valence electrons. The molecule has 2 aromatic rings. The third kappa shape index (κ3) is 3.74. The van der Waals surface area contributed by atoms with Gasteiger partial charge in [-0.3, -0.25) is 4.79 Å². The van der Waals surface area contributed by atoms with Crippen LogP contribution in [0.15, 0.2) is 54.6 Å². The molecule has 0 N–H and O–H groups in total. The molecule has 5 heteroatoms. The van der Waals surface area contributed by atoms with Gasteiger partial charge in [-0.2, -0.15) is 0 Å². The molecular weight excluding hydrogens is 304 g/mol. The van der Waals surface area contributed by atoms with Crippen LogP contribution >= 0.6 is 0 Å². The summed E-state index contributed by atoms with van der Waals surface area (Å²) < 4.78 is 5.37. The molecule has 1 aliphatic heterocycles. The Balaban J connectivity index is 1.57. The van der Waals surface area contributed by atoms with E-state index in [0.717, 1.165) is 24.3 Å². The summed E-state index contributed by atoms with van der Waals surface area (Å²) in [6.45, 7) is 0.913. The zero-order valence-corrected chi connectivity index (χ0v) is 13.6. The highest BCUT2D eigenvalue weighted by atomic mass is 16.5. The molecular formula is C19H20N2O3. The number of hydrogen-bond acceptors (Lipinski definition) is 4. The number of anilines is 2. The van der Waals surface area contributed by atoms with Gasteiger partial charge in [-0.1, -0.05) is 18.2 Å². The zero-order chi connectivity index (χ0) is 16.9. The Morgan fingerprint density at radius 2 is 1.83 bits per heavy atom. The van der Waals surface area contributed by atoms with E-state index in [1.807, 2.05) is 54.4 Å². The lowest BCUT2D eigenvalue weighted by molar-refractivity contribution is -0.132. The van der Waals surface area contributed by atoms with Crippen molar-refractivity contribution in [3.8, 4) is 5.75 Å². The van der Waals surface area contributed by atoms with Crippen LogP contribution in [0.25, 0.3) is 0 Å². The van der Waals surface area contributed by atoms with Crippen LogP contribution in [-0.4, -0.2) is 32.0 Å². The molecule has 1 saturated heterocycles. The van der Waals surface area contributed by atoms with Gasteiger partial charge in [-0.15, -0.1) is 0 Å². The van der Waals surface area contributed by atoms with Crippen LogP contribution in [0.5, 0.6) is 5.75 Å². The van der Waals surface area contributed by atoms with E-state index in [0.29, 0.717) is 12.2 Å². The molecule has 1 fully saturated rings. The number of amides is 1. The highest BCUT2D eigenvalue weighted by Crippen LogP contribution is 2.24. The Morgan fingerprint density at radius 1 is 1.12 bits per heavy atom. The predicted molar refractivity (Wildman–Crippen MR) is 93.4 cm³/mol. The predicted octanol–water partition coefficient (Wildman–Crippen LogP) is 2.86. The monoisotopic (exact) mass is 324 g/mol. The van der Waals surface area contributed by atoms with E-state index in [4.69, 9.17) is 4.74 Å². The smallest absolute Gasteiger partial charge is 0.330 e. The Hall–Kier alpha value is -2.82. The standard InChI is InChI=1S/C19H20N2O3/c1-20(15-6-3-2-4-7-15)14-19(23)24-17-11-9-16(10-12-17)21-13-5-8-18(21)22/h2-4,6-7,9-12H,5,8,13-14H2,1H3. The first kappa shape index (κ1) is 16.1. The van der Waals surface area contributed by atoms with Crippen LogP contribution in [-0.2, 0) is 9.59 Å². The summed E-state index contributed by atoms with van der Waals surface area (Å²) >= 11 is 0. The maximum Gasteiger partial charge on any atom is 0.330 e. The lowest BCUT2D eigenvalue weighted by Crippen LogP contribution is -2.28. The largest absolute Gasteiger partial charge is 0.425 e. The first-order chi connectivity index (χ1) is 11.6. The van der Waals surface area contributed by atoms with Crippen molar-refractivity contribution >= 4 is 23.3 Å². The minimum atomic E-state index is -0.327. The van der Waals surface area contributed by atoms with E-state index in [2.05, 4.69) is 0 Å². The van der Waals surface area contributed by atoms with Gasteiger partial charge in [0.1, 0.15) is 12.3 Å². The SMILES string of the molecule is CN(CC(=O)Oc1ccc(N2CCCC2=O)cc1)c1ccccc1. The summed E-state index contributed by atoms with van der Waals surface area (Å²) in [5, 5.41) is 0. The van der Waals surface area contributed by atoms with Gasteiger partial charge in [-0.05, 0) is 42.8 Å². The van der Waals surface area contributed by atoms with Crippen LogP contribution in [0, 0.1) is 0 Å². The van der Waals surface area contributed by atoms with Crippen molar-refractivity contribution in [1.29, 1.82) is 0 Å². The van der Waals surface area contributed by atoms with E-state index >= 15 is 0 Å². The van der Waals surface area contributed by atoms with Crippen LogP contribution in [0.3, 0.4) is 0 Å². The molecule has 1 aliphatic rings. The second-order valence-corrected chi connectivity index (χ2v) is 5.81. The minimum absolute atomic E-state index is 0.143. The first-order valence-corrected chi connectivity index (χ1v) is 8.01. The van der Waals surface area contributed by atoms with Gasteiger partial charge in [0.2, 0.25) is 5.91 Å². The number of benzene rings is 2. The minimum Gasteiger partial charge on any atom is -0.425 e. The molecule has 24 heavy (non-hydrogen) atoms. The third-order valence-corrected chi connectivity index (χ3v) is 4.02. The van der Waals surface area contributed by atoms with Crippen molar-refractivity contribution in [1.82, 2.24) is 0 Å². The number of hydrogen-bond donors (Lipinski definition) is 0. The molecule has 0 aromatic heterocycles. The van der Waals surface area contributed by atoms with Gasteiger partial charge in [0, 0.05) is 31.4 Å². The Bertz CT molecular complexity index is 713. The highest BCUT2D eigenvalue weighted by molar-refractivity contribution is 5.95. The molecule has 0 spiro atoms. The number of nitrogens with zero attached hydrogens (tertiary/aromatic N) is 2. The Labute approximate surface area is 141 Å². The quantitative estimate of drug-likeness (QED) is 0.627. The van der Waals surface area contributed by atoms with Crippen molar-refractivity contribution in [2.45, 2.75) is 12.8 Å². The normalized spacial score (nSPS) is 13.9. The van der Waals surface area contributed by atoms with Gasteiger partial charge in [0.15, 0.2) is 0 Å². The summed E-state index contributed by atoms with van der Waals surface area (Å²) in [6.07, 6.45) is 1.49. The molecule has 0 aliphatic carbocycles. The fraction of sp³-hybridized carbons (Fsp3) is 0.263. The molecule has 3 rings (SSSR count). The molecule has 2 aromatic carbocycles. The summed E-state index contributed by atoms with van der Waals surface area (Å²) in [7, 11) is 1.85. The van der Waals surface area contributed by atoms with Crippen molar-refractivity contribution in [3.05, 3.63) is 54.6 Å². The van der Waals surface area contributed by atoms with Gasteiger partial charge in [-0.25, -0.2) is 4.79 Å². The molecule has 0 radical (unpaired) electrons. The number of ether oxygens (including phenoxy) is 1. The van der Waals surface area contributed by atoms with E-state index < -0.39 is 0 Å². The average Bonchev–Trinajstić information content (AvgIpc) is 3.02. The lowest BCUT2D eigenvalue weighted by Gasteiger charge is -2.18. The molecule has 0 atom stereocenters. The topological polar surface area (TPSA) is 49.9 Å². The van der Waals surface area contributed by atoms with E-state index in [1.165, 1.54) is 0 Å². The Morgan fingerprint density at radius 3 is 2.46 bits per heavy atom. The van der Waals surface area contributed by atoms with Crippen molar-refractivity contribution in [2.75, 3.05) is 29.9 Å². The number of esters is 1. The number of rotatable bonds is 5. The number of likely N-dealkylation sites (N-methyl/N-ethyl adjacent to an activating group) is 1. The summed E-state index contributed by atoms with van der Waals surface area (Å²) in [5.74, 6) is 0.299. The molecule has 0 saturated carbocycles. The average molecular weight is 324 g/mol. The molecule has 5 nitrogen and oxygen atoms in total. The van der Waals surface area contributed by atoms with Gasteiger partial charge in [0.25, 0.3) is 0 Å². The van der Waals surface area contributed by atoms with Crippen LogP contribution in [0.1, 0.15) is 12.8 Å². The maximum atomic E-state index is 12.1. The van der Waals surface area contributed by atoms with Crippen molar-refractivity contribution in [3.63, 3.8) is 0 Å². The van der Waals surface area contributed by atoms with Crippen LogP contribution in [0.2, 0.25) is 0 Å². The maximum absolute atomic E-state index is 12.1. The summed E-state index contributed by atoms with van der Waals surface area (Å²) in [6, 6.07) is 16.7. The van der Waals surface area contributed by atoms with E-state index in [9.17, 15) is 9.59 Å². The fourth-order valence-corrected chi connectivity index (χ4v) is 2.75. The number of carbonyl (C=O) groups excluding carboxylic acids is 2. The van der Waals surface area contributed by atoms with Crippen molar-refractivity contribution in [2.24, 2.45) is 0 Å². The third-order valence-electron chi connectivity index (χ3n) is 4.02. The summed E-state index contributed by atoms with van der Waals surface area (Å²) in [5.41, 5.74) is 1.80. The van der Waals surface area contributed by atoms with E-state index in [-0.39, 0.29) is 18.4 Å². The van der Waals surface area contributed by atoms with Gasteiger partial charge < -0.3 is 14.5 Å². The second kappa shape index (κ2) is 7.17. The van der Waals surface area contributed by atoms with Crippen LogP contribution in [0.4, 0.5) is 11.4 Å². The molecule has 1 heterocycles. The van der Waals surface area contributed by atoms with E-state index in [1.54, 1.807) is 17.0 Å². The van der Waals surface area contributed by atoms with Crippen molar-refractivity contribution < 1.29 is 14.3 Å². The Kier molecular flexibility index (Phi) is 4.79. The zero-order valence-electron chi connectivity index (χ0n) is 13.6. The highest BCUT2D eigenvalue weighted by Gasteiger charge is 2.21. The second-order valence-electron chi connectivity index (χ2n) is 5.81. The lowest BCUT2D eigenvalue weighted by atomic mass is 10.3. The van der Waals surface area contributed by atoms with Gasteiger partial charge in [0.05, 0.1) is 0 Å². The summed E-state index contributed by atoms with van der Waals surface area (Å²) in [4.78, 5) is 27.4. The molecule has 1 amide bonds. The number of para-hydroxylation sites is 1. The fourth-order valence-electron chi connectivity index (χ4n) is 2.75. The first-order valence-electron chi connectivity index (χ1n) is 8.01. The van der Waals surface area contributed by atoms with Crippen LogP contribution < -0.4 is 14.5 Å². The molecule has 0 unspecified atom stereocenters. The van der Waals surface area contributed by atoms with Gasteiger partial charge >= 0.3 is 5.97 Å². The molecule has 0 bridgehead atoms.